The number of likely N-dealkylation sites (N-methyl/N-ethyl adjacent to an activating group) is 1. The van der Waals surface area contributed by atoms with Crippen molar-refractivity contribution in [2.24, 2.45) is 0 Å². The van der Waals surface area contributed by atoms with E-state index in [0.29, 0.717) is 6.67 Å². The smallest absolute Gasteiger partial charge is 0.243 e. The summed E-state index contributed by atoms with van der Waals surface area (Å²) in [5, 5.41) is 3.37. The van der Waals surface area contributed by atoms with E-state index < -0.39 is 0 Å². The highest BCUT2D eigenvalue weighted by Gasteiger charge is 2.45. The van der Waals surface area contributed by atoms with Crippen molar-refractivity contribution in [3.05, 3.63) is 0 Å². The van der Waals surface area contributed by atoms with Gasteiger partial charge in [0.1, 0.15) is 0 Å². The van der Waals surface area contributed by atoms with E-state index in [0.717, 1.165) is 13.0 Å². The lowest BCUT2D eigenvalue weighted by Gasteiger charge is -2.39. The number of amides is 1. The van der Waals surface area contributed by atoms with Crippen molar-refractivity contribution >= 4 is 5.91 Å². The second-order valence-corrected chi connectivity index (χ2v) is 6.35. The number of nitrogens with zero attached hydrogens (tertiary/aromatic N) is 2. The summed E-state index contributed by atoms with van der Waals surface area (Å²) in [5.41, 5.74) is -0.136. The van der Waals surface area contributed by atoms with E-state index in [1.54, 1.807) is 0 Å². The Kier molecular flexibility index (Phi) is 3.70. The van der Waals surface area contributed by atoms with Gasteiger partial charge >= 0.3 is 0 Å². The predicted molar refractivity (Wildman–Crippen MR) is 73.3 cm³/mol. The monoisotopic (exact) mass is 253 g/mol. The molecule has 1 saturated heterocycles. The average molecular weight is 253 g/mol. The molecule has 0 radical (unpaired) electrons. The first-order chi connectivity index (χ1) is 8.43. The zero-order valence-electron chi connectivity index (χ0n) is 12.3. The van der Waals surface area contributed by atoms with Gasteiger partial charge < -0.3 is 9.80 Å². The maximum Gasteiger partial charge on any atom is 0.243 e. The van der Waals surface area contributed by atoms with Crippen molar-refractivity contribution in [2.45, 2.75) is 57.0 Å². The predicted octanol–water partition coefficient (Wildman–Crippen LogP) is 1.42. The van der Waals surface area contributed by atoms with Gasteiger partial charge in [-0.05, 0) is 40.3 Å². The minimum Gasteiger partial charge on any atom is -0.326 e. The third kappa shape index (κ3) is 2.16. The highest BCUT2D eigenvalue weighted by molar-refractivity contribution is 5.87. The van der Waals surface area contributed by atoms with E-state index in [9.17, 15) is 4.79 Å². The number of hydrogen-bond acceptors (Lipinski definition) is 3. The Hall–Kier alpha value is -0.610. The first kappa shape index (κ1) is 13.8. The molecule has 0 aromatic rings. The molecule has 0 spiro atoms. The van der Waals surface area contributed by atoms with Gasteiger partial charge in [0.25, 0.3) is 0 Å². The Morgan fingerprint density at radius 1 is 1.33 bits per heavy atom. The molecule has 1 N–H and O–H groups in total. The molecular weight excluding hydrogens is 226 g/mol. The molecule has 1 aliphatic heterocycles. The lowest BCUT2D eigenvalue weighted by atomic mass is 9.94. The van der Waals surface area contributed by atoms with Gasteiger partial charge in [0.05, 0.1) is 12.2 Å². The molecule has 2 aliphatic rings. The number of carbonyl (C=O) groups excluding carboxylic acids is 1. The Morgan fingerprint density at radius 3 is 2.39 bits per heavy atom. The van der Waals surface area contributed by atoms with Crippen LogP contribution in [0.1, 0.15) is 46.0 Å². The fourth-order valence-electron chi connectivity index (χ4n) is 3.31. The second kappa shape index (κ2) is 4.82. The van der Waals surface area contributed by atoms with E-state index in [-0.39, 0.29) is 17.0 Å². The van der Waals surface area contributed by atoms with Crippen LogP contribution in [0.2, 0.25) is 0 Å². The highest BCUT2D eigenvalue weighted by Crippen LogP contribution is 2.35. The normalized spacial score (nSPS) is 31.6. The molecule has 4 nitrogen and oxygen atoms in total. The van der Waals surface area contributed by atoms with Crippen molar-refractivity contribution in [1.82, 2.24) is 15.1 Å². The van der Waals surface area contributed by atoms with Crippen molar-refractivity contribution in [3.63, 3.8) is 0 Å². The first-order valence-electron chi connectivity index (χ1n) is 7.15. The topological polar surface area (TPSA) is 35.6 Å². The lowest BCUT2D eigenvalue weighted by Crippen LogP contribution is -2.52. The van der Waals surface area contributed by atoms with Crippen LogP contribution in [0.3, 0.4) is 0 Å². The molecule has 18 heavy (non-hydrogen) atoms. The molecule has 1 unspecified atom stereocenters. The van der Waals surface area contributed by atoms with Crippen molar-refractivity contribution < 1.29 is 4.79 Å². The Balaban J connectivity index is 2.08. The van der Waals surface area contributed by atoms with Gasteiger partial charge in [-0.25, -0.2) is 0 Å². The fourth-order valence-corrected chi connectivity index (χ4v) is 3.31. The summed E-state index contributed by atoms with van der Waals surface area (Å²) in [5.74, 6) is 0.276. The standard InChI is InChI=1S/C14H27N3O/c1-5-13(2)12(18)17(11-15-13)10-14(16(3)4)8-6-7-9-14/h15H,5-11H2,1-4H3. The third-order valence-corrected chi connectivity index (χ3v) is 5.09. The third-order valence-electron chi connectivity index (χ3n) is 5.09. The average Bonchev–Trinajstić information content (AvgIpc) is 2.92. The number of carbonyl (C=O) groups is 1. The maximum absolute atomic E-state index is 12.5. The number of rotatable bonds is 4. The summed E-state index contributed by atoms with van der Waals surface area (Å²) in [7, 11) is 4.30. The van der Waals surface area contributed by atoms with Crippen LogP contribution in [0.25, 0.3) is 0 Å². The minimum absolute atomic E-state index is 0.205. The summed E-state index contributed by atoms with van der Waals surface area (Å²) in [4.78, 5) is 16.8. The molecule has 1 aliphatic carbocycles. The molecule has 0 bridgehead atoms. The van der Waals surface area contributed by atoms with Gasteiger partial charge in [-0.15, -0.1) is 0 Å². The molecule has 2 fully saturated rings. The summed E-state index contributed by atoms with van der Waals surface area (Å²) in [6.07, 6.45) is 5.87. The Morgan fingerprint density at radius 2 is 1.94 bits per heavy atom. The number of hydrogen-bond donors (Lipinski definition) is 1. The van der Waals surface area contributed by atoms with Gasteiger partial charge in [0.2, 0.25) is 5.91 Å². The molecule has 2 rings (SSSR count). The molecule has 1 amide bonds. The van der Waals surface area contributed by atoms with Crippen LogP contribution < -0.4 is 5.32 Å². The summed E-state index contributed by atoms with van der Waals surface area (Å²) < 4.78 is 0. The molecule has 1 saturated carbocycles. The van der Waals surface area contributed by atoms with E-state index in [1.807, 2.05) is 11.8 Å². The van der Waals surface area contributed by atoms with Crippen LogP contribution in [0.5, 0.6) is 0 Å². The number of nitrogens with one attached hydrogen (secondary N) is 1. The second-order valence-electron chi connectivity index (χ2n) is 6.35. The van der Waals surface area contributed by atoms with E-state index >= 15 is 0 Å². The molecule has 1 heterocycles. The highest BCUT2D eigenvalue weighted by atomic mass is 16.2. The Labute approximate surface area is 111 Å². The SMILES string of the molecule is CCC1(C)NCN(CC2(N(C)C)CCCC2)C1=O. The van der Waals surface area contributed by atoms with Gasteiger partial charge in [0, 0.05) is 12.1 Å². The molecule has 104 valence electrons. The first-order valence-corrected chi connectivity index (χ1v) is 7.15. The van der Waals surface area contributed by atoms with Crippen molar-refractivity contribution in [3.8, 4) is 0 Å². The Bertz CT molecular complexity index is 323. The lowest BCUT2D eigenvalue weighted by molar-refractivity contribution is -0.133. The van der Waals surface area contributed by atoms with E-state index in [2.05, 4.69) is 31.2 Å². The van der Waals surface area contributed by atoms with Crippen LogP contribution in [0.15, 0.2) is 0 Å². The van der Waals surface area contributed by atoms with E-state index in [1.165, 1.54) is 25.7 Å². The molecular formula is C14H27N3O. The van der Waals surface area contributed by atoms with Crippen LogP contribution in [0.4, 0.5) is 0 Å². The van der Waals surface area contributed by atoms with Gasteiger partial charge in [-0.2, -0.15) is 0 Å². The van der Waals surface area contributed by atoms with Crippen LogP contribution >= 0.6 is 0 Å². The summed E-state index contributed by atoms with van der Waals surface area (Å²) in [6, 6.07) is 0. The zero-order valence-corrected chi connectivity index (χ0v) is 12.3. The molecule has 4 heteroatoms. The largest absolute Gasteiger partial charge is 0.326 e. The molecule has 1 atom stereocenters. The van der Waals surface area contributed by atoms with Crippen LogP contribution in [0, 0.1) is 0 Å². The summed E-state index contributed by atoms with van der Waals surface area (Å²) in [6.45, 7) is 5.68. The quantitative estimate of drug-likeness (QED) is 0.823. The van der Waals surface area contributed by atoms with Crippen molar-refractivity contribution in [1.29, 1.82) is 0 Å². The van der Waals surface area contributed by atoms with Gasteiger partial charge in [-0.1, -0.05) is 19.8 Å². The minimum atomic E-state index is -0.341. The fraction of sp³-hybridized carbons (Fsp3) is 0.929. The van der Waals surface area contributed by atoms with Gasteiger partial charge in [0.15, 0.2) is 0 Å². The van der Waals surface area contributed by atoms with Gasteiger partial charge in [-0.3, -0.25) is 10.1 Å². The summed E-state index contributed by atoms with van der Waals surface area (Å²) >= 11 is 0. The zero-order chi connectivity index (χ0) is 13.4. The molecule has 0 aromatic heterocycles. The van der Waals surface area contributed by atoms with Crippen LogP contribution in [-0.2, 0) is 4.79 Å². The van der Waals surface area contributed by atoms with Crippen molar-refractivity contribution in [2.75, 3.05) is 27.3 Å². The van der Waals surface area contributed by atoms with E-state index in [4.69, 9.17) is 0 Å². The molecule has 0 aromatic carbocycles. The van der Waals surface area contributed by atoms with Crippen LogP contribution in [-0.4, -0.2) is 54.1 Å². The maximum atomic E-state index is 12.5.